The lowest BCUT2D eigenvalue weighted by Gasteiger charge is -2.10. The molecule has 0 bridgehead atoms. The molecule has 22 heavy (non-hydrogen) atoms. The molecule has 1 N–H and O–H groups in total. The van der Waals surface area contributed by atoms with Crippen LogP contribution in [-0.4, -0.2) is 16.4 Å². The van der Waals surface area contributed by atoms with E-state index in [2.05, 4.69) is 16.4 Å². The van der Waals surface area contributed by atoms with Crippen LogP contribution < -0.4 is 10.1 Å². The van der Waals surface area contributed by atoms with E-state index in [4.69, 9.17) is 10.00 Å². The molecule has 0 unspecified atom stereocenters. The maximum atomic E-state index is 12.1. The number of pyridine rings is 1. The molecule has 1 saturated carbocycles. The maximum absolute atomic E-state index is 12.1. The van der Waals surface area contributed by atoms with Gasteiger partial charge in [-0.2, -0.15) is 5.26 Å². The van der Waals surface area contributed by atoms with Crippen molar-refractivity contribution in [1.82, 2.24) is 10.3 Å². The molecule has 1 aromatic carbocycles. The summed E-state index contributed by atoms with van der Waals surface area (Å²) in [5, 5.41) is 11.7. The number of nitriles is 1. The third-order valence-corrected chi connectivity index (χ3v) is 3.53. The highest BCUT2D eigenvalue weighted by atomic mass is 16.5. The van der Waals surface area contributed by atoms with Gasteiger partial charge in [-0.05, 0) is 24.5 Å². The van der Waals surface area contributed by atoms with Crippen LogP contribution in [0.2, 0.25) is 0 Å². The van der Waals surface area contributed by atoms with Crippen LogP contribution in [0.5, 0.6) is 5.75 Å². The van der Waals surface area contributed by atoms with Gasteiger partial charge in [0.15, 0.2) is 0 Å². The van der Waals surface area contributed by atoms with Crippen LogP contribution >= 0.6 is 0 Å². The molecule has 0 aliphatic heterocycles. The lowest BCUT2D eigenvalue weighted by Crippen LogP contribution is -2.36. The normalized spacial score (nSPS) is 14.7. The van der Waals surface area contributed by atoms with Crippen molar-refractivity contribution in [1.29, 1.82) is 5.26 Å². The number of carbonyl (C=O) groups is 1. The van der Waals surface area contributed by atoms with Crippen LogP contribution in [-0.2, 0) is 6.61 Å². The van der Waals surface area contributed by atoms with Crippen molar-refractivity contribution >= 4 is 5.91 Å². The fourth-order valence-electron chi connectivity index (χ4n) is 2.04. The summed E-state index contributed by atoms with van der Waals surface area (Å²) >= 11 is 0. The highest BCUT2D eigenvalue weighted by molar-refractivity contribution is 5.93. The van der Waals surface area contributed by atoms with E-state index in [9.17, 15) is 4.79 Å². The zero-order valence-corrected chi connectivity index (χ0v) is 12.0. The summed E-state index contributed by atoms with van der Waals surface area (Å²) in [4.78, 5) is 16.1. The van der Waals surface area contributed by atoms with Crippen LogP contribution in [0.3, 0.4) is 0 Å². The van der Waals surface area contributed by atoms with E-state index < -0.39 is 5.54 Å². The lowest BCUT2D eigenvalue weighted by molar-refractivity contribution is 0.0936. The average Bonchev–Trinajstić information content (AvgIpc) is 3.34. The van der Waals surface area contributed by atoms with E-state index >= 15 is 0 Å². The topological polar surface area (TPSA) is 75.0 Å². The second kappa shape index (κ2) is 5.86. The smallest absolute Gasteiger partial charge is 0.271 e. The van der Waals surface area contributed by atoms with Gasteiger partial charge >= 0.3 is 0 Å². The fraction of sp³-hybridized carbons (Fsp3) is 0.235. The molecule has 1 aliphatic carbocycles. The average molecular weight is 293 g/mol. The summed E-state index contributed by atoms with van der Waals surface area (Å²) in [6.45, 7) is 0.425. The summed E-state index contributed by atoms with van der Waals surface area (Å²) in [6, 6.07) is 15.2. The van der Waals surface area contributed by atoms with Crippen molar-refractivity contribution in [3.8, 4) is 11.8 Å². The molecule has 0 spiro atoms. The maximum Gasteiger partial charge on any atom is 0.271 e. The van der Waals surface area contributed by atoms with E-state index in [1.165, 1.54) is 6.20 Å². The molecular weight excluding hydrogens is 278 g/mol. The minimum atomic E-state index is -0.695. The van der Waals surface area contributed by atoms with Crippen LogP contribution in [0.15, 0.2) is 48.7 Å². The Kier molecular flexibility index (Phi) is 3.75. The molecule has 1 amide bonds. The molecule has 5 nitrogen and oxygen atoms in total. The first-order chi connectivity index (χ1) is 10.7. The van der Waals surface area contributed by atoms with Crippen LogP contribution in [0, 0.1) is 11.3 Å². The second-order valence-corrected chi connectivity index (χ2v) is 5.30. The number of hydrogen-bond acceptors (Lipinski definition) is 4. The van der Waals surface area contributed by atoms with Crippen molar-refractivity contribution in [3.63, 3.8) is 0 Å². The van der Waals surface area contributed by atoms with Gasteiger partial charge in [0.2, 0.25) is 0 Å². The van der Waals surface area contributed by atoms with Gasteiger partial charge in [0, 0.05) is 12.3 Å². The Hall–Kier alpha value is -2.87. The predicted molar refractivity (Wildman–Crippen MR) is 80.1 cm³/mol. The zero-order chi connectivity index (χ0) is 15.4. The highest BCUT2D eigenvalue weighted by Crippen LogP contribution is 2.34. The molecule has 1 fully saturated rings. The molecule has 5 heteroatoms. The molecule has 0 radical (unpaired) electrons. The number of hydrogen-bond donors (Lipinski definition) is 1. The molecule has 110 valence electrons. The Labute approximate surface area is 128 Å². The van der Waals surface area contributed by atoms with Gasteiger partial charge in [-0.25, -0.2) is 0 Å². The summed E-state index contributed by atoms with van der Waals surface area (Å²) in [5.41, 5.74) is 0.610. The van der Waals surface area contributed by atoms with Crippen molar-refractivity contribution in [2.45, 2.75) is 25.0 Å². The molecule has 1 aliphatic rings. The second-order valence-electron chi connectivity index (χ2n) is 5.30. The van der Waals surface area contributed by atoms with Gasteiger partial charge in [-0.1, -0.05) is 30.3 Å². The van der Waals surface area contributed by atoms with E-state index in [0.717, 1.165) is 5.56 Å². The first-order valence-electron chi connectivity index (χ1n) is 7.07. The van der Waals surface area contributed by atoms with Gasteiger partial charge in [-0.3, -0.25) is 9.78 Å². The third kappa shape index (κ3) is 3.23. The number of nitrogens with zero attached hydrogens (tertiary/aromatic N) is 2. The largest absolute Gasteiger partial charge is 0.489 e. The van der Waals surface area contributed by atoms with Crippen molar-refractivity contribution in [2.75, 3.05) is 0 Å². The highest BCUT2D eigenvalue weighted by Gasteiger charge is 2.44. The van der Waals surface area contributed by atoms with Crippen LogP contribution in [0.25, 0.3) is 0 Å². The Morgan fingerprint density at radius 1 is 1.32 bits per heavy atom. The number of amides is 1. The molecule has 1 heterocycles. The van der Waals surface area contributed by atoms with Crippen molar-refractivity contribution in [3.05, 3.63) is 59.9 Å². The van der Waals surface area contributed by atoms with Gasteiger partial charge in [0.25, 0.3) is 5.91 Å². The number of rotatable bonds is 5. The zero-order valence-electron chi connectivity index (χ0n) is 12.0. The Balaban J connectivity index is 1.65. The fourth-order valence-corrected chi connectivity index (χ4v) is 2.04. The summed E-state index contributed by atoms with van der Waals surface area (Å²) in [5.74, 6) is 0.231. The van der Waals surface area contributed by atoms with Crippen molar-refractivity contribution < 1.29 is 9.53 Å². The number of ether oxygens (including phenoxy) is 1. The van der Waals surface area contributed by atoms with Gasteiger partial charge < -0.3 is 10.1 Å². The molecular formula is C17H15N3O2. The van der Waals surface area contributed by atoms with Gasteiger partial charge in [0.1, 0.15) is 23.6 Å². The Bertz CT molecular complexity index is 718. The SMILES string of the molecule is N#CC1(NC(=O)c2cc(OCc3ccccc3)ccn2)CC1. The van der Waals surface area contributed by atoms with E-state index in [1.54, 1.807) is 12.1 Å². The van der Waals surface area contributed by atoms with E-state index in [-0.39, 0.29) is 11.6 Å². The first kappa shape index (κ1) is 14.1. The van der Waals surface area contributed by atoms with Crippen LogP contribution in [0.4, 0.5) is 0 Å². The number of carbonyl (C=O) groups excluding carboxylic acids is 1. The Morgan fingerprint density at radius 3 is 2.77 bits per heavy atom. The molecule has 0 atom stereocenters. The third-order valence-electron chi connectivity index (χ3n) is 3.53. The Morgan fingerprint density at radius 2 is 2.09 bits per heavy atom. The number of benzene rings is 1. The molecule has 2 aromatic rings. The lowest BCUT2D eigenvalue weighted by atomic mass is 10.2. The molecule has 1 aromatic heterocycles. The molecule has 3 rings (SSSR count). The standard InChI is InChI=1S/C17H15N3O2/c18-12-17(7-8-17)20-16(21)15-10-14(6-9-19-15)22-11-13-4-2-1-3-5-13/h1-6,9-10H,7-8,11H2,(H,20,21). The summed E-state index contributed by atoms with van der Waals surface area (Å²) in [6.07, 6.45) is 2.92. The van der Waals surface area contributed by atoms with Gasteiger partial charge in [-0.15, -0.1) is 0 Å². The predicted octanol–water partition coefficient (Wildman–Crippen LogP) is 2.45. The minimum absolute atomic E-state index is 0.257. The molecule has 0 saturated heterocycles. The number of aromatic nitrogens is 1. The summed E-state index contributed by atoms with van der Waals surface area (Å²) < 4.78 is 5.67. The van der Waals surface area contributed by atoms with E-state index in [1.807, 2.05) is 30.3 Å². The van der Waals surface area contributed by atoms with Gasteiger partial charge in [0.05, 0.1) is 6.07 Å². The van der Waals surface area contributed by atoms with Crippen molar-refractivity contribution in [2.24, 2.45) is 0 Å². The minimum Gasteiger partial charge on any atom is -0.489 e. The first-order valence-corrected chi connectivity index (χ1v) is 7.07. The number of nitrogens with one attached hydrogen (secondary N) is 1. The van der Waals surface area contributed by atoms with E-state index in [0.29, 0.717) is 25.2 Å². The summed E-state index contributed by atoms with van der Waals surface area (Å²) in [7, 11) is 0. The van der Waals surface area contributed by atoms with Crippen LogP contribution in [0.1, 0.15) is 28.9 Å². The quantitative estimate of drug-likeness (QED) is 0.918. The monoisotopic (exact) mass is 293 g/mol.